The summed E-state index contributed by atoms with van der Waals surface area (Å²) in [5.41, 5.74) is 6.80. The van der Waals surface area contributed by atoms with Crippen molar-refractivity contribution < 1.29 is 23.2 Å². The van der Waals surface area contributed by atoms with Gasteiger partial charge in [0, 0.05) is 35.4 Å². The van der Waals surface area contributed by atoms with Crippen molar-refractivity contribution in [2.45, 2.75) is 11.3 Å². The normalized spacial score (nSPS) is 11.1. The van der Waals surface area contributed by atoms with Crippen LogP contribution in [-0.4, -0.2) is 41.1 Å². The Morgan fingerprint density at radius 1 is 1.08 bits per heavy atom. The molecule has 0 amide bonds. The lowest BCUT2D eigenvalue weighted by Gasteiger charge is -2.14. The quantitative estimate of drug-likeness (QED) is 0.0963. The standard InChI is InChI=1S/C24H22N6O6S2/c31-23(32)15-4-3-5-17(12-15)29-38(35,36)18-8-9-21(22(13-18)30(33)34)27-28-24(37)25-11-10-16-14-26-20-7-2-1-6-19(16)20/h1-9,12-14,26-27,29H,10-11H2,(H,31,32)(H2,25,28,37). The minimum atomic E-state index is -4.25. The topological polar surface area (TPSA) is 178 Å². The Balaban J connectivity index is 1.39. The molecule has 0 aliphatic rings. The number of carbonyl (C=O) groups is 1. The summed E-state index contributed by atoms with van der Waals surface area (Å²) in [6.45, 7) is 0.503. The number of thiocarbonyl (C=S) groups is 1. The highest BCUT2D eigenvalue weighted by Crippen LogP contribution is 2.28. The van der Waals surface area contributed by atoms with Crippen LogP contribution in [0.15, 0.2) is 77.8 Å². The minimum absolute atomic E-state index is 0.000445. The number of hydrogen-bond acceptors (Lipinski definition) is 7. The zero-order chi connectivity index (χ0) is 27.3. The Morgan fingerprint density at radius 3 is 2.63 bits per heavy atom. The first kappa shape index (κ1) is 26.4. The molecule has 0 fully saturated rings. The predicted octanol–water partition coefficient (Wildman–Crippen LogP) is 3.61. The summed E-state index contributed by atoms with van der Waals surface area (Å²) in [4.78, 5) is 24.9. The molecule has 4 rings (SSSR count). The maximum atomic E-state index is 12.8. The molecular weight excluding hydrogens is 532 g/mol. The highest BCUT2D eigenvalue weighted by atomic mass is 32.2. The SMILES string of the molecule is O=C(O)c1cccc(NS(=O)(=O)c2ccc(NNC(=S)NCCc3c[nH]c4ccccc34)c([N+](=O)[O-])c2)c1. The first-order valence-corrected chi connectivity index (χ1v) is 13.0. The van der Waals surface area contributed by atoms with Gasteiger partial charge < -0.3 is 15.4 Å². The van der Waals surface area contributed by atoms with Crippen LogP contribution in [0.4, 0.5) is 17.1 Å². The zero-order valence-electron chi connectivity index (χ0n) is 19.6. The molecule has 0 spiro atoms. The van der Waals surface area contributed by atoms with Crippen LogP contribution >= 0.6 is 12.2 Å². The summed E-state index contributed by atoms with van der Waals surface area (Å²) in [6.07, 6.45) is 2.61. The molecule has 0 atom stereocenters. The molecule has 0 aliphatic carbocycles. The Morgan fingerprint density at radius 2 is 1.87 bits per heavy atom. The molecule has 3 aromatic carbocycles. The number of anilines is 2. The second-order valence-electron chi connectivity index (χ2n) is 8.04. The van der Waals surface area contributed by atoms with Gasteiger partial charge in [-0.15, -0.1) is 0 Å². The molecule has 14 heteroatoms. The van der Waals surface area contributed by atoms with E-state index in [1.54, 1.807) is 0 Å². The summed E-state index contributed by atoms with van der Waals surface area (Å²) < 4.78 is 27.8. The molecule has 12 nitrogen and oxygen atoms in total. The molecule has 1 heterocycles. The number of H-pyrrole nitrogens is 1. The van der Waals surface area contributed by atoms with E-state index < -0.39 is 26.6 Å². The fraction of sp³-hybridized carbons (Fsp3) is 0.0833. The molecule has 6 N–H and O–H groups in total. The minimum Gasteiger partial charge on any atom is -0.478 e. The van der Waals surface area contributed by atoms with E-state index in [9.17, 15) is 23.3 Å². The van der Waals surface area contributed by atoms with E-state index in [1.165, 1.54) is 30.3 Å². The number of rotatable bonds is 10. The number of aromatic nitrogens is 1. The van der Waals surface area contributed by atoms with Crippen LogP contribution < -0.4 is 20.9 Å². The maximum Gasteiger partial charge on any atom is 0.335 e. The second-order valence-corrected chi connectivity index (χ2v) is 10.1. The number of aromatic carboxylic acids is 1. The summed E-state index contributed by atoms with van der Waals surface area (Å²) >= 11 is 5.23. The first-order chi connectivity index (χ1) is 18.1. The van der Waals surface area contributed by atoms with Gasteiger partial charge in [0.1, 0.15) is 5.69 Å². The maximum absolute atomic E-state index is 12.8. The number of hydrazine groups is 1. The van der Waals surface area contributed by atoms with Crippen molar-refractivity contribution in [2.24, 2.45) is 0 Å². The van der Waals surface area contributed by atoms with E-state index in [0.717, 1.165) is 28.6 Å². The molecule has 0 saturated heterocycles. The molecule has 0 radical (unpaired) electrons. The number of carboxylic acids is 1. The van der Waals surface area contributed by atoms with Gasteiger partial charge in [0.15, 0.2) is 5.11 Å². The molecule has 196 valence electrons. The van der Waals surface area contributed by atoms with Crippen molar-refractivity contribution in [1.29, 1.82) is 0 Å². The van der Waals surface area contributed by atoms with Crippen molar-refractivity contribution in [3.05, 3.63) is 94.2 Å². The van der Waals surface area contributed by atoms with Gasteiger partial charge in [0.25, 0.3) is 15.7 Å². The highest BCUT2D eigenvalue weighted by molar-refractivity contribution is 7.92. The molecule has 0 bridgehead atoms. The number of aromatic amines is 1. The van der Waals surface area contributed by atoms with E-state index in [2.05, 4.69) is 25.9 Å². The largest absolute Gasteiger partial charge is 0.478 e. The average molecular weight is 555 g/mol. The van der Waals surface area contributed by atoms with E-state index in [0.29, 0.717) is 13.0 Å². The summed E-state index contributed by atoms with van der Waals surface area (Å²) in [5.74, 6) is -1.23. The Kier molecular flexibility index (Phi) is 7.74. The van der Waals surface area contributed by atoms with Crippen molar-refractivity contribution in [2.75, 3.05) is 16.7 Å². The van der Waals surface area contributed by atoms with Crippen LogP contribution in [0.3, 0.4) is 0 Å². The fourth-order valence-corrected chi connectivity index (χ4v) is 4.90. The number of fused-ring (bicyclic) bond motifs is 1. The smallest absolute Gasteiger partial charge is 0.335 e. The molecule has 0 saturated carbocycles. The number of nitrogens with one attached hydrogen (secondary N) is 5. The summed E-state index contributed by atoms with van der Waals surface area (Å²) in [7, 11) is -4.25. The van der Waals surface area contributed by atoms with Crippen molar-refractivity contribution in [1.82, 2.24) is 15.7 Å². The molecule has 1 aromatic heterocycles. The van der Waals surface area contributed by atoms with Crippen LogP contribution in [0.1, 0.15) is 15.9 Å². The zero-order valence-corrected chi connectivity index (χ0v) is 21.2. The van der Waals surface area contributed by atoms with Gasteiger partial charge in [-0.05, 0) is 60.6 Å². The number of nitrogens with zero attached hydrogens (tertiary/aromatic N) is 1. The lowest BCUT2D eigenvalue weighted by atomic mass is 10.1. The van der Waals surface area contributed by atoms with E-state index in [1.807, 2.05) is 30.5 Å². The van der Waals surface area contributed by atoms with Gasteiger partial charge >= 0.3 is 5.97 Å². The molecular formula is C24H22N6O6S2. The third kappa shape index (κ3) is 6.16. The Hall–Kier alpha value is -4.69. The number of benzene rings is 3. The van der Waals surface area contributed by atoms with Gasteiger partial charge in [0.2, 0.25) is 0 Å². The number of nitro groups is 1. The lowest BCUT2D eigenvalue weighted by molar-refractivity contribution is -0.384. The van der Waals surface area contributed by atoms with Crippen molar-refractivity contribution in [3.8, 4) is 0 Å². The first-order valence-electron chi connectivity index (χ1n) is 11.1. The molecule has 0 unspecified atom stereocenters. The van der Waals surface area contributed by atoms with Gasteiger partial charge in [-0.2, -0.15) is 0 Å². The number of para-hydroxylation sites is 1. The van der Waals surface area contributed by atoms with Crippen LogP contribution in [-0.2, 0) is 16.4 Å². The lowest BCUT2D eigenvalue weighted by Crippen LogP contribution is -2.39. The summed E-state index contributed by atoms with van der Waals surface area (Å²) in [6, 6.07) is 16.4. The number of sulfonamides is 1. The fourth-order valence-electron chi connectivity index (χ4n) is 3.68. The van der Waals surface area contributed by atoms with Gasteiger partial charge in [-0.1, -0.05) is 24.3 Å². The third-order valence-electron chi connectivity index (χ3n) is 5.50. The van der Waals surface area contributed by atoms with E-state index in [4.69, 9.17) is 17.3 Å². The highest BCUT2D eigenvalue weighted by Gasteiger charge is 2.22. The number of hydrogen-bond donors (Lipinski definition) is 6. The van der Waals surface area contributed by atoms with Crippen LogP contribution in [0.25, 0.3) is 10.9 Å². The van der Waals surface area contributed by atoms with Crippen LogP contribution in [0.2, 0.25) is 0 Å². The van der Waals surface area contributed by atoms with Crippen LogP contribution in [0.5, 0.6) is 0 Å². The monoisotopic (exact) mass is 554 g/mol. The number of nitro benzene ring substituents is 1. The van der Waals surface area contributed by atoms with Gasteiger partial charge in [-0.25, -0.2) is 13.2 Å². The van der Waals surface area contributed by atoms with Gasteiger partial charge in [-0.3, -0.25) is 25.7 Å². The second kappa shape index (κ2) is 11.1. The Bertz CT molecular complexity index is 1640. The third-order valence-corrected chi connectivity index (χ3v) is 7.13. The van der Waals surface area contributed by atoms with Gasteiger partial charge in [0.05, 0.1) is 15.4 Å². The molecule has 38 heavy (non-hydrogen) atoms. The van der Waals surface area contributed by atoms with E-state index in [-0.39, 0.29) is 26.9 Å². The average Bonchev–Trinajstić information content (AvgIpc) is 3.30. The van der Waals surface area contributed by atoms with Crippen molar-refractivity contribution >= 4 is 61.3 Å². The van der Waals surface area contributed by atoms with E-state index >= 15 is 0 Å². The number of carboxylic acid groups (broad SMARTS) is 1. The Labute approximate surface area is 222 Å². The molecule has 0 aliphatic heterocycles. The van der Waals surface area contributed by atoms with Crippen molar-refractivity contribution in [3.63, 3.8) is 0 Å². The van der Waals surface area contributed by atoms with Crippen LogP contribution in [0, 0.1) is 10.1 Å². The molecule has 4 aromatic rings. The predicted molar refractivity (Wildman–Crippen MR) is 147 cm³/mol. The summed E-state index contributed by atoms with van der Waals surface area (Å²) in [5, 5.41) is 25.0.